The molecular weight excluding hydrogens is 541 g/mol. The Morgan fingerprint density at radius 3 is 2.53 bits per heavy atom. The number of fused-ring (bicyclic) bond motifs is 3. The van der Waals surface area contributed by atoms with Gasteiger partial charge in [0.2, 0.25) is 5.78 Å². The minimum Gasteiger partial charge on any atom is -0.382 e. The molecular formula is C26H26ClF3N4O3S. The molecule has 0 saturated carbocycles. The summed E-state index contributed by atoms with van der Waals surface area (Å²) in [7, 11) is 3.77. The number of Topliss-reactive ketones (excluding diaryl/α,β-unsaturated/α-hetero) is 1. The highest BCUT2D eigenvalue weighted by atomic mass is 35.5. The predicted octanol–water partition coefficient (Wildman–Crippen LogP) is 4.11. The number of carbonyl (C=O) groups excluding carboxylic acids is 2. The largest absolute Gasteiger partial charge is 0.408 e. The maximum atomic E-state index is 14.0. The van der Waals surface area contributed by atoms with Crippen LogP contribution in [-0.4, -0.2) is 76.8 Å². The summed E-state index contributed by atoms with van der Waals surface area (Å²) in [5.41, 5.74) is 3.53. The zero-order valence-electron chi connectivity index (χ0n) is 20.8. The highest BCUT2D eigenvalue weighted by molar-refractivity contribution is 7.98. The number of hydrogen-bond donors (Lipinski definition) is 1. The molecule has 2 aromatic carbocycles. The lowest BCUT2D eigenvalue weighted by Crippen LogP contribution is -2.71. The number of carbonyl (C=O) groups is 2. The quantitative estimate of drug-likeness (QED) is 0.600. The first-order valence-corrected chi connectivity index (χ1v) is 13.3. The van der Waals surface area contributed by atoms with E-state index in [1.807, 2.05) is 61.5 Å². The van der Waals surface area contributed by atoms with E-state index in [1.165, 1.54) is 11.2 Å². The van der Waals surface area contributed by atoms with Crippen molar-refractivity contribution in [2.24, 2.45) is 0 Å². The molecule has 12 heteroatoms. The molecule has 2 aromatic rings. The van der Waals surface area contributed by atoms with Crippen molar-refractivity contribution in [3.63, 3.8) is 0 Å². The van der Waals surface area contributed by atoms with Gasteiger partial charge in [0, 0.05) is 42.2 Å². The molecule has 1 amide bonds. The fourth-order valence-corrected chi connectivity index (χ4v) is 6.53. The number of nitrogens with zero attached hydrogens (tertiary/aromatic N) is 4. The van der Waals surface area contributed by atoms with E-state index in [1.54, 1.807) is 16.8 Å². The van der Waals surface area contributed by atoms with Crippen molar-refractivity contribution in [2.75, 3.05) is 25.7 Å². The van der Waals surface area contributed by atoms with E-state index in [9.17, 15) is 27.9 Å². The van der Waals surface area contributed by atoms with Gasteiger partial charge in [0.25, 0.3) is 5.91 Å². The number of amides is 1. The number of thioether (sulfide) groups is 1. The SMILES string of the molecule is C[C@@H](N1CN([C@@H]2c3ccccc3SCc3cccc(N(C)C)c32)N2C=C(Cl)C(=O)[C@@H](O)C2C1=O)C(F)(F)F. The Kier molecular flexibility index (Phi) is 6.91. The molecule has 3 heterocycles. The van der Waals surface area contributed by atoms with Crippen LogP contribution < -0.4 is 4.90 Å². The van der Waals surface area contributed by atoms with Crippen molar-refractivity contribution in [1.82, 2.24) is 14.9 Å². The summed E-state index contributed by atoms with van der Waals surface area (Å²) in [6.45, 7) is 0.462. The van der Waals surface area contributed by atoms with Gasteiger partial charge >= 0.3 is 6.18 Å². The second kappa shape index (κ2) is 9.78. The number of anilines is 1. The predicted molar refractivity (Wildman–Crippen MR) is 138 cm³/mol. The number of aliphatic hydroxyl groups is 1. The van der Waals surface area contributed by atoms with Crippen molar-refractivity contribution < 1.29 is 27.9 Å². The van der Waals surface area contributed by atoms with E-state index < -0.39 is 48.8 Å². The van der Waals surface area contributed by atoms with E-state index in [-0.39, 0.29) is 5.03 Å². The van der Waals surface area contributed by atoms with Gasteiger partial charge in [-0.15, -0.1) is 11.8 Å². The van der Waals surface area contributed by atoms with E-state index in [2.05, 4.69) is 0 Å². The van der Waals surface area contributed by atoms with E-state index in [4.69, 9.17) is 11.6 Å². The minimum atomic E-state index is -4.72. The standard InChI is InChI=1S/C26H26ClF3N4O3S/c1-14(26(28,29)30)32-13-34(33-11-17(27)23(35)24(36)22(33)25(32)37)21-16-8-4-5-10-19(16)38-12-15-7-6-9-18(20(15)21)31(2)3/h4-11,14,21-22,24,36H,12-13H2,1-3H3/t14-,21-,22?,24+/m1/s1. The number of ketones is 1. The van der Waals surface area contributed by atoms with Gasteiger partial charge in [0.15, 0.2) is 6.04 Å². The third-order valence-corrected chi connectivity index (χ3v) is 8.65. The Morgan fingerprint density at radius 2 is 1.84 bits per heavy atom. The fraction of sp³-hybridized carbons (Fsp3) is 0.385. The van der Waals surface area contributed by atoms with Crippen LogP contribution in [0.4, 0.5) is 18.9 Å². The summed E-state index contributed by atoms with van der Waals surface area (Å²) >= 11 is 7.80. The summed E-state index contributed by atoms with van der Waals surface area (Å²) in [6.07, 6.45) is -5.40. The van der Waals surface area contributed by atoms with Crippen LogP contribution in [0.2, 0.25) is 0 Å². The zero-order chi connectivity index (χ0) is 27.5. The summed E-state index contributed by atoms with van der Waals surface area (Å²) in [5, 5.41) is 13.5. The van der Waals surface area contributed by atoms with Crippen molar-refractivity contribution in [2.45, 2.75) is 48.0 Å². The summed E-state index contributed by atoms with van der Waals surface area (Å²) in [4.78, 5) is 29.6. The summed E-state index contributed by atoms with van der Waals surface area (Å²) in [5.74, 6) is -1.28. The normalized spacial score (nSPS) is 24.7. The maximum Gasteiger partial charge on any atom is 0.408 e. The van der Waals surface area contributed by atoms with Gasteiger partial charge in [-0.3, -0.25) is 14.6 Å². The van der Waals surface area contributed by atoms with E-state index >= 15 is 0 Å². The Balaban J connectivity index is 1.77. The van der Waals surface area contributed by atoms with Crippen LogP contribution in [0.5, 0.6) is 0 Å². The maximum absolute atomic E-state index is 14.0. The second-order valence-electron chi connectivity index (χ2n) is 9.69. The molecule has 202 valence electrons. The van der Waals surface area contributed by atoms with Gasteiger partial charge in [-0.25, -0.2) is 0 Å². The Labute approximate surface area is 227 Å². The van der Waals surface area contributed by atoms with Crippen molar-refractivity contribution >= 4 is 40.7 Å². The Morgan fingerprint density at radius 1 is 1.13 bits per heavy atom. The number of hydrogen-bond acceptors (Lipinski definition) is 7. The van der Waals surface area contributed by atoms with Crippen molar-refractivity contribution in [3.05, 3.63) is 70.4 Å². The van der Waals surface area contributed by atoms with Crippen molar-refractivity contribution in [1.29, 1.82) is 0 Å². The van der Waals surface area contributed by atoms with Gasteiger partial charge in [-0.1, -0.05) is 41.9 Å². The lowest BCUT2D eigenvalue weighted by molar-refractivity contribution is -0.222. The van der Waals surface area contributed by atoms with E-state index in [0.717, 1.165) is 34.2 Å². The molecule has 1 unspecified atom stereocenters. The number of rotatable bonds is 3. The number of hydrazine groups is 1. The van der Waals surface area contributed by atoms with Gasteiger partial charge in [-0.2, -0.15) is 18.2 Å². The lowest BCUT2D eigenvalue weighted by Gasteiger charge is -2.54. The number of halogens is 4. The molecule has 1 saturated heterocycles. The van der Waals surface area contributed by atoms with E-state index in [0.29, 0.717) is 10.7 Å². The molecule has 7 nitrogen and oxygen atoms in total. The molecule has 3 aliphatic rings. The molecule has 1 N–H and O–H groups in total. The van der Waals surface area contributed by atoms with Crippen LogP contribution in [0.3, 0.4) is 0 Å². The molecule has 1 fully saturated rings. The van der Waals surface area contributed by atoms with Gasteiger partial charge < -0.3 is 14.9 Å². The third-order valence-electron chi connectivity index (χ3n) is 7.23. The summed E-state index contributed by atoms with van der Waals surface area (Å²) < 4.78 is 41.9. The average Bonchev–Trinajstić information content (AvgIpc) is 3.03. The molecule has 0 aromatic heterocycles. The van der Waals surface area contributed by atoms with Crippen molar-refractivity contribution in [3.8, 4) is 0 Å². The molecule has 0 bridgehead atoms. The first kappa shape index (κ1) is 26.9. The van der Waals surface area contributed by atoms with Gasteiger partial charge in [0.1, 0.15) is 17.2 Å². The molecule has 0 spiro atoms. The highest BCUT2D eigenvalue weighted by Gasteiger charge is 2.55. The van der Waals surface area contributed by atoms with Crippen LogP contribution in [-0.2, 0) is 15.3 Å². The smallest absolute Gasteiger partial charge is 0.382 e. The van der Waals surface area contributed by atoms with Crippen LogP contribution in [0.25, 0.3) is 0 Å². The molecule has 0 radical (unpaired) electrons. The zero-order valence-corrected chi connectivity index (χ0v) is 22.4. The highest BCUT2D eigenvalue weighted by Crippen LogP contribution is 2.48. The van der Waals surface area contributed by atoms with Gasteiger partial charge in [-0.05, 0) is 30.2 Å². The minimum absolute atomic E-state index is 0.304. The first-order valence-electron chi connectivity index (χ1n) is 11.9. The average molecular weight is 567 g/mol. The Hall–Kier alpha value is -2.73. The number of alkyl halides is 3. The molecule has 3 aliphatic heterocycles. The molecule has 38 heavy (non-hydrogen) atoms. The van der Waals surface area contributed by atoms with Gasteiger partial charge in [0.05, 0.1) is 12.7 Å². The van der Waals surface area contributed by atoms with Crippen LogP contribution >= 0.6 is 23.4 Å². The second-order valence-corrected chi connectivity index (χ2v) is 11.1. The molecule has 0 aliphatic carbocycles. The lowest BCUT2D eigenvalue weighted by atomic mass is 9.91. The number of benzene rings is 2. The monoisotopic (exact) mass is 566 g/mol. The van der Waals surface area contributed by atoms with Crippen LogP contribution in [0, 0.1) is 0 Å². The van der Waals surface area contributed by atoms with Crippen LogP contribution in [0.1, 0.15) is 29.7 Å². The topological polar surface area (TPSA) is 67.3 Å². The number of aliphatic hydroxyl groups excluding tert-OH is 1. The first-order chi connectivity index (χ1) is 17.9. The van der Waals surface area contributed by atoms with Crippen LogP contribution in [0.15, 0.2) is 58.6 Å². The fourth-order valence-electron chi connectivity index (χ4n) is 5.23. The summed E-state index contributed by atoms with van der Waals surface area (Å²) in [6, 6.07) is 9.06. The third kappa shape index (κ3) is 4.35. The molecule has 4 atom stereocenters. The molecule has 5 rings (SSSR count). The Bertz CT molecular complexity index is 1320.